The van der Waals surface area contributed by atoms with Crippen LogP contribution in [0.1, 0.15) is 29.2 Å². The Morgan fingerprint density at radius 2 is 2.00 bits per heavy atom. The highest BCUT2D eigenvalue weighted by atomic mass is 32.1. The number of amides is 1. The van der Waals surface area contributed by atoms with E-state index in [1.165, 1.54) is 11.6 Å². The number of carbonyl (C=O) groups excluding carboxylic acids is 1. The van der Waals surface area contributed by atoms with Gasteiger partial charge in [-0.1, -0.05) is 48.0 Å². The molecule has 0 bridgehead atoms. The van der Waals surface area contributed by atoms with Crippen LogP contribution in [0.15, 0.2) is 53.9 Å². The van der Waals surface area contributed by atoms with Crippen molar-refractivity contribution in [3.8, 4) is 10.6 Å². The summed E-state index contributed by atoms with van der Waals surface area (Å²) in [6.45, 7) is 2.62. The zero-order chi connectivity index (χ0) is 18.8. The van der Waals surface area contributed by atoms with Crippen LogP contribution in [0.5, 0.6) is 0 Å². The van der Waals surface area contributed by atoms with Crippen molar-refractivity contribution < 1.29 is 9.18 Å². The first-order valence-corrected chi connectivity index (χ1v) is 10.0. The second kappa shape index (κ2) is 7.61. The number of hydrogen-bond acceptors (Lipinski definition) is 3. The molecule has 1 aromatic heterocycles. The van der Waals surface area contributed by atoms with E-state index in [-0.39, 0.29) is 23.6 Å². The Morgan fingerprint density at radius 1 is 1.22 bits per heavy atom. The molecule has 0 spiro atoms. The van der Waals surface area contributed by atoms with Gasteiger partial charge in [-0.2, -0.15) is 0 Å². The highest BCUT2D eigenvalue weighted by Crippen LogP contribution is 2.48. The van der Waals surface area contributed by atoms with Crippen LogP contribution in [-0.2, 0) is 11.2 Å². The smallest absolute Gasteiger partial charge is 0.223 e. The number of benzene rings is 2. The Balaban J connectivity index is 1.28. The van der Waals surface area contributed by atoms with Crippen molar-refractivity contribution in [1.82, 2.24) is 10.3 Å². The van der Waals surface area contributed by atoms with Gasteiger partial charge >= 0.3 is 0 Å². The van der Waals surface area contributed by atoms with E-state index in [1.807, 2.05) is 11.4 Å². The molecule has 1 saturated carbocycles. The quantitative estimate of drug-likeness (QED) is 0.672. The third-order valence-electron chi connectivity index (χ3n) is 4.96. The monoisotopic (exact) mass is 380 g/mol. The van der Waals surface area contributed by atoms with E-state index in [0.29, 0.717) is 18.5 Å². The fourth-order valence-electron chi connectivity index (χ4n) is 3.30. The van der Waals surface area contributed by atoms with Crippen molar-refractivity contribution in [2.24, 2.45) is 5.92 Å². The number of carbonyl (C=O) groups is 1. The minimum Gasteiger partial charge on any atom is -0.355 e. The lowest BCUT2D eigenvalue weighted by Gasteiger charge is -2.04. The summed E-state index contributed by atoms with van der Waals surface area (Å²) in [6, 6.07) is 15.0. The summed E-state index contributed by atoms with van der Waals surface area (Å²) in [7, 11) is 0. The van der Waals surface area contributed by atoms with Gasteiger partial charge in [0.15, 0.2) is 0 Å². The van der Waals surface area contributed by atoms with Crippen LogP contribution in [0.2, 0.25) is 0 Å². The van der Waals surface area contributed by atoms with E-state index < -0.39 is 0 Å². The minimum atomic E-state index is -0.219. The molecule has 1 aliphatic carbocycles. The molecule has 0 radical (unpaired) electrons. The van der Waals surface area contributed by atoms with Gasteiger partial charge in [-0.25, -0.2) is 9.37 Å². The third kappa shape index (κ3) is 4.08. The third-order valence-corrected chi connectivity index (χ3v) is 5.90. The van der Waals surface area contributed by atoms with E-state index in [9.17, 15) is 9.18 Å². The van der Waals surface area contributed by atoms with E-state index in [2.05, 4.69) is 41.5 Å². The Hall–Kier alpha value is -2.53. The molecule has 2 unspecified atom stereocenters. The standard InChI is InChI=1S/C22H21FN2OS/c1-14-6-8-15(9-7-14)22-25-16(13-27-22)10-11-24-21(26)19-12-18(19)17-4-2-3-5-20(17)23/h2-9,13,18-19H,10-12H2,1H3,(H,24,26). The van der Waals surface area contributed by atoms with Crippen LogP contribution in [-0.4, -0.2) is 17.4 Å². The molecule has 3 nitrogen and oxygen atoms in total. The van der Waals surface area contributed by atoms with Crippen molar-refractivity contribution in [2.75, 3.05) is 6.54 Å². The highest BCUT2D eigenvalue weighted by molar-refractivity contribution is 7.13. The Labute approximate surface area is 162 Å². The number of nitrogens with one attached hydrogen (secondary N) is 1. The predicted molar refractivity (Wildman–Crippen MR) is 106 cm³/mol. The van der Waals surface area contributed by atoms with Crippen LogP contribution < -0.4 is 5.32 Å². The highest BCUT2D eigenvalue weighted by Gasteiger charge is 2.44. The SMILES string of the molecule is Cc1ccc(-c2nc(CCNC(=O)C3CC3c3ccccc3F)cs2)cc1. The van der Waals surface area contributed by atoms with Gasteiger partial charge in [0, 0.05) is 29.8 Å². The van der Waals surface area contributed by atoms with Crippen molar-refractivity contribution in [3.05, 3.63) is 76.5 Å². The molecule has 1 N–H and O–H groups in total. The lowest BCUT2D eigenvalue weighted by Crippen LogP contribution is -2.27. The number of rotatable bonds is 6. The number of aryl methyl sites for hydroxylation is 1. The molecule has 2 aromatic carbocycles. The van der Waals surface area contributed by atoms with Gasteiger partial charge in [-0.05, 0) is 30.9 Å². The summed E-state index contributed by atoms with van der Waals surface area (Å²) in [5.74, 6) is -0.305. The van der Waals surface area contributed by atoms with Crippen molar-refractivity contribution in [2.45, 2.75) is 25.7 Å². The van der Waals surface area contributed by atoms with Crippen LogP contribution in [0, 0.1) is 18.7 Å². The summed E-state index contributed by atoms with van der Waals surface area (Å²) in [4.78, 5) is 17.0. The zero-order valence-corrected chi connectivity index (χ0v) is 15.9. The van der Waals surface area contributed by atoms with Gasteiger partial charge in [-0.3, -0.25) is 4.79 Å². The van der Waals surface area contributed by atoms with Crippen LogP contribution in [0.4, 0.5) is 4.39 Å². The molecule has 2 atom stereocenters. The second-order valence-electron chi connectivity index (χ2n) is 7.02. The number of nitrogens with zero attached hydrogens (tertiary/aromatic N) is 1. The molecule has 1 fully saturated rings. The molecule has 5 heteroatoms. The molecule has 1 aliphatic rings. The van der Waals surface area contributed by atoms with E-state index in [1.54, 1.807) is 23.5 Å². The largest absolute Gasteiger partial charge is 0.355 e. The molecule has 0 saturated heterocycles. The first kappa shape index (κ1) is 17.9. The minimum absolute atomic E-state index is 0.0113. The number of hydrogen-bond donors (Lipinski definition) is 1. The zero-order valence-electron chi connectivity index (χ0n) is 15.1. The summed E-state index contributed by atoms with van der Waals surface area (Å²) >= 11 is 1.62. The Morgan fingerprint density at radius 3 is 2.78 bits per heavy atom. The predicted octanol–water partition coefficient (Wildman–Crippen LogP) is 4.72. The van der Waals surface area contributed by atoms with Gasteiger partial charge < -0.3 is 5.32 Å². The van der Waals surface area contributed by atoms with Crippen LogP contribution >= 0.6 is 11.3 Å². The van der Waals surface area contributed by atoms with Gasteiger partial charge in [0.05, 0.1) is 5.69 Å². The molecular weight excluding hydrogens is 359 g/mol. The van der Waals surface area contributed by atoms with Gasteiger partial charge in [0.2, 0.25) is 5.91 Å². The number of thiazole rings is 1. The Bertz CT molecular complexity index is 951. The van der Waals surface area contributed by atoms with E-state index >= 15 is 0 Å². The molecule has 27 heavy (non-hydrogen) atoms. The second-order valence-corrected chi connectivity index (χ2v) is 7.88. The molecule has 1 amide bonds. The fraction of sp³-hybridized carbons (Fsp3) is 0.273. The molecule has 3 aromatic rings. The van der Waals surface area contributed by atoms with Crippen LogP contribution in [0.3, 0.4) is 0 Å². The summed E-state index contributed by atoms with van der Waals surface area (Å²) < 4.78 is 13.8. The summed E-state index contributed by atoms with van der Waals surface area (Å²) in [6.07, 6.45) is 1.42. The maximum absolute atomic E-state index is 13.8. The summed E-state index contributed by atoms with van der Waals surface area (Å²) in [5.41, 5.74) is 3.98. The number of halogens is 1. The first-order valence-electron chi connectivity index (χ1n) is 9.15. The van der Waals surface area contributed by atoms with Crippen LogP contribution in [0.25, 0.3) is 10.6 Å². The number of aromatic nitrogens is 1. The average Bonchev–Trinajstić information content (AvgIpc) is 3.33. The topological polar surface area (TPSA) is 42.0 Å². The molecule has 4 rings (SSSR count). The van der Waals surface area contributed by atoms with Crippen molar-refractivity contribution in [3.63, 3.8) is 0 Å². The first-order chi connectivity index (χ1) is 13.1. The average molecular weight is 380 g/mol. The lowest BCUT2D eigenvalue weighted by atomic mass is 10.1. The molecule has 1 heterocycles. The van der Waals surface area contributed by atoms with Gasteiger partial charge in [0.1, 0.15) is 10.8 Å². The normalized spacial score (nSPS) is 18.3. The maximum atomic E-state index is 13.8. The maximum Gasteiger partial charge on any atom is 0.223 e. The molecular formula is C22H21FN2OS. The van der Waals surface area contributed by atoms with Crippen molar-refractivity contribution in [1.29, 1.82) is 0 Å². The lowest BCUT2D eigenvalue weighted by molar-refractivity contribution is -0.122. The molecule has 0 aliphatic heterocycles. The van der Waals surface area contributed by atoms with Gasteiger partial charge in [0.25, 0.3) is 0 Å². The fourth-order valence-corrected chi connectivity index (χ4v) is 4.16. The molecule has 138 valence electrons. The van der Waals surface area contributed by atoms with E-state index in [0.717, 1.165) is 22.7 Å². The van der Waals surface area contributed by atoms with E-state index in [4.69, 9.17) is 0 Å². The van der Waals surface area contributed by atoms with Gasteiger partial charge in [-0.15, -0.1) is 11.3 Å². The summed E-state index contributed by atoms with van der Waals surface area (Å²) in [5, 5.41) is 6.01. The Kier molecular flexibility index (Phi) is 5.03. The van der Waals surface area contributed by atoms with Crippen molar-refractivity contribution >= 4 is 17.2 Å².